The van der Waals surface area contributed by atoms with E-state index in [0.29, 0.717) is 6.04 Å². The van der Waals surface area contributed by atoms with Crippen LogP contribution in [0.4, 0.5) is 0 Å². The van der Waals surface area contributed by atoms with Crippen molar-refractivity contribution >= 4 is 5.97 Å². The van der Waals surface area contributed by atoms with Crippen LogP contribution in [0.15, 0.2) is 0 Å². The smallest absolute Gasteiger partial charge is 0.323 e. The number of ether oxygens (including phenoxy) is 1. The molecule has 2 aliphatic rings. The number of aromatic nitrogens is 3. The predicted octanol–water partition coefficient (Wildman–Crippen LogP) is 1.06. The van der Waals surface area contributed by atoms with Crippen LogP contribution in [0.3, 0.4) is 0 Å². The molecule has 0 amide bonds. The van der Waals surface area contributed by atoms with E-state index >= 15 is 0 Å². The number of esters is 1. The fraction of sp³-hybridized carbons (Fsp3) is 0.786. The fourth-order valence-corrected chi connectivity index (χ4v) is 3.40. The summed E-state index contributed by atoms with van der Waals surface area (Å²) in [6, 6.07) is 0.292. The summed E-state index contributed by atoms with van der Waals surface area (Å²) in [5, 5.41) is 4.43. The maximum absolute atomic E-state index is 11.9. The highest BCUT2D eigenvalue weighted by molar-refractivity contribution is 5.78. The van der Waals surface area contributed by atoms with E-state index in [2.05, 4.69) is 15.0 Å². The van der Waals surface area contributed by atoms with Gasteiger partial charge < -0.3 is 4.74 Å². The lowest BCUT2D eigenvalue weighted by molar-refractivity contribution is -0.145. The highest BCUT2D eigenvalue weighted by Gasteiger charge is 2.41. The molecule has 2 fully saturated rings. The number of rotatable bonds is 3. The average molecular weight is 278 g/mol. The molecule has 1 aromatic heterocycles. The lowest BCUT2D eigenvalue weighted by Gasteiger charge is -2.28. The van der Waals surface area contributed by atoms with Gasteiger partial charge in [0, 0.05) is 12.5 Å². The van der Waals surface area contributed by atoms with Gasteiger partial charge in [-0.3, -0.25) is 9.69 Å². The third kappa shape index (κ3) is 2.44. The highest BCUT2D eigenvalue weighted by atomic mass is 16.6. The molecule has 0 aliphatic carbocycles. The molecule has 2 aliphatic heterocycles. The van der Waals surface area contributed by atoms with Crippen molar-refractivity contribution in [2.45, 2.75) is 64.8 Å². The molecule has 1 aromatic rings. The first-order valence-electron chi connectivity index (χ1n) is 7.39. The first-order valence-corrected chi connectivity index (χ1v) is 7.39. The van der Waals surface area contributed by atoms with Gasteiger partial charge in [-0.25, -0.2) is 9.67 Å². The second kappa shape index (κ2) is 5.16. The van der Waals surface area contributed by atoms with Gasteiger partial charge in [0.15, 0.2) is 0 Å². The van der Waals surface area contributed by atoms with E-state index in [4.69, 9.17) is 4.74 Å². The predicted molar refractivity (Wildman–Crippen MR) is 73.2 cm³/mol. The van der Waals surface area contributed by atoms with E-state index in [1.807, 2.05) is 25.5 Å². The largest absolute Gasteiger partial charge is 0.461 e. The zero-order valence-electron chi connectivity index (χ0n) is 12.4. The number of hydrogen-bond acceptors (Lipinski definition) is 5. The molecule has 0 bridgehead atoms. The number of nitrogens with zero attached hydrogens (tertiary/aromatic N) is 4. The second-order valence-electron chi connectivity index (χ2n) is 5.92. The Hall–Kier alpha value is -1.43. The van der Waals surface area contributed by atoms with Crippen LogP contribution in [0, 0.1) is 13.8 Å². The van der Waals surface area contributed by atoms with Crippen molar-refractivity contribution in [3.63, 3.8) is 0 Å². The Morgan fingerprint density at radius 2 is 2.20 bits per heavy atom. The number of hydrogen-bond donors (Lipinski definition) is 0. The van der Waals surface area contributed by atoms with E-state index in [1.165, 1.54) is 0 Å². The molecule has 0 saturated carbocycles. The fourth-order valence-electron chi connectivity index (χ4n) is 3.40. The Labute approximate surface area is 119 Å². The minimum absolute atomic E-state index is 0.0455. The van der Waals surface area contributed by atoms with Gasteiger partial charge >= 0.3 is 5.97 Å². The summed E-state index contributed by atoms with van der Waals surface area (Å²) in [5.74, 6) is 1.69. The SMILES string of the molecule is Cc1nc(C)n(C[C@@H]2CCCN2[C@@H]2C[C@@H](C)OC2=O)n1. The van der Waals surface area contributed by atoms with E-state index in [-0.39, 0.29) is 18.1 Å². The van der Waals surface area contributed by atoms with Crippen molar-refractivity contribution in [3.8, 4) is 0 Å². The molecule has 3 atom stereocenters. The molecule has 3 heterocycles. The molecule has 110 valence electrons. The minimum atomic E-state index is -0.0672. The van der Waals surface area contributed by atoms with Crippen molar-refractivity contribution in [3.05, 3.63) is 11.6 Å². The summed E-state index contributed by atoms with van der Waals surface area (Å²) >= 11 is 0. The van der Waals surface area contributed by atoms with Crippen LogP contribution in [-0.2, 0) is 16.1 Å². The zero-order chi connectivity index (χ0) is 14.3. The number of carbonyl (C=O) groups is 1. The maximum atomic E-state index is 11.9. The number of cyclic esters (lactones) is 1. The molecule has 0 aromatic carbocycles. The number of carbonyl (C=O) groups excluding carboxylic acids is 1. The molecule has 0 spiro atoms. The number of likely N-dealkylation sites (tertiary alicyclic amines) is 1. The third-order valence-corrected chi connectivity index (χ3v) is 4.31. The normalized spacial score (nSPS) is 30.9. The Morgan fingerprint density at radius 1 is 1.40 bits per heavy atom. The summed E-state index contributed by atoms with van der Waals surface area (Å²) < 4.78 is 7.26. The van der Waals surface area contributed by atoms with Crippen LogP contribution in [0.2, 0.25) is 0 Å². The van der Waals surface area contributed by atoms with Crippen LogP contribution in [0.1, 0.15) is 37.8 Å². The minimum Gasteiger partial charge on any atom is -0.461 e. The van der Waals surface area contributed by atoms with Crippen molar-refractivity contribution in [2.24, 2.45) is 0 Å². The lowest BCUT2D eigenvalue weighted by atomic mass is 10.1. The van der Waals surface area contributed by atoms with Crippen LogP contribution < -0.4 is 0 Å². The van der Waals surface area contributed by atoms with Gasteiger partial charge in [-0.2, -0.15) is 5.10 Å². The quantitative estimate of drug-likeness (QED) is 0.774. The number of aryl methyl sites for hydroxylation is 2. The lowest BCUT2D eigenvalue weighted by Crippen LogP contribution is -2.43. The summed E-state index contributed by atoms with van der Waals surface area (Å²) in [6.07, 6.45) is 3.10. The van der Waals surface area contributed by atoms with E-state index in [9.17, 15) is 4.79 Å². The van der Waals surface area contributed by atoms with Crippen LogP contribution >= 0.6 is 0 Å². The molecule has 3 rings (SSSR count). The molecule has 0 N–H and O–H groups in total. The van der Waals surface area contributed by atoms with Gasteiger partial charge in [-0.15, -0.1) is 0 Å². The molecular weight excluding hydrogens is 256 g/mol. The van der Waals surface area contributed by atoms with Crippen LogP contribution in [0.25, 0.3) is 0 Å². The summed E-state index contributed by atoms with van der Waals surface area (Å²) in [4.78, 5) is 18.6. The molecule has 2 saturated heterocycles. The first kappa shape index (κ1) is 13.5. The molecule has 20 heavy (non-hydrogen) atoms. The Bertz CT molecular complexity index is 513. The molecule has 6 heteroatoms. The second-order valence-corrected chi connectivity index (χ2v) is 5.92. The maximum Gasteiger partial charge on any atom is 0.323 e. The van der Waals surface area contributed by atoms with Crippen LogP contribution in [-0.4, -0.2) is 50.4 Å². The van der Waals surface area contributed by atoms with Gasteiger partial charge in [0.1, 0.15) is 23.8 Å². The van der Waals surface area contributed by atoms with Crippen molar-refractivity contribution in [1.82, 2.24) is 19.7 Å². The van der Waals surface area contributed by atoms with Gasteiger partial charge in [-0.05, 0) is 40.2 Å². The average Bonchev–Trinajstić information content (AvgIpc) is 3.02. The first-order chi connectivity index (χ1) is 9.54. The van der Waals surface area contributed by atoms with Crippen LogP contribution in [0.5, 0.6) is 0 Å². The van der Waals surface area contributed by atoms with E-state index in [0.717, 1.165) is 44.0 Å². The van der Waals surface area contributed by atoms with Crippen molar-refractivity contribution in [2.75, 3.05) is 6.54 Å². The molecule has 0 unspecified atom stereocenters. The van der Waals surface area contributed by atoms with Gasteiger partial charge in [-0.1, -0.05) is 0 Å². The Balaban J connectivity index is 1.73. The highest BCUT2D eigenvalue weighted by Crippen LogP contribution is 2.28. The molecular formula is C14H22N4O2. The van der Waals surface area contributed by atoms with E-state index < -0.39 is 0 Å². The topological polar surface area (TPSA) is 60.2 Å². The Kier molecular flexibility index (Phi) is 3.50. The summed E-state index contributed by atoms with van der Waals surface area (Å²) in [7, 11) is 0. The standard InChI is InChI=1S/C14H22N4O2/c1-9-7-13(14(19)20-9)17-6-4-5-12(17)8-18-11(3)15-10(2)16-18/h9,12-13H,4-8H2,1-3H3/t9-,12+,13-/m1/s1. The molecule has 0 radical (unpaired) electrons. The van der Waals surface area contributed by atoms with Gasteiger partial charge in [0.25, 0.3) is 0 Å². The molecule has 6 nitrogen and oxygen atoms in total. The summed E-state index contributed by atoms with van der Waals surface area (Å²) in [6.45, 7) is 7.64. The van der Waals surface area contributed by atoms with Gasteiger partial charge in [0.2, 0.25) is 0 Å². The van der Waals surface area contributed by atoms with Crippen molar-refractivity contribution in [1.29, 1.82) is 0 Å². The van der Waals surface area contributed by atoms with E-state index in [1.54, 1.807) is 0 Å². The monoisotopic (exact) mass is 278 g/mol. The van der Waals surface area contributed by atoms with Gasteiger partial charge in [0.05, 0.1) is 6.54 Å². The Morgan fingerprint density at radius 3 is 2.80 bits per heavy atom. The zero-order valence-corrected chi connectivity index (χ0v) is 12.4. The van der Waals surface area contributed by atoms with Crippen molar-refractivity contribution < 1.29 is 9.53 Å². The summed E-state index contributed by atoms with van der Waals surface area (Å²) in [5.41, 5.74) is 0. The third-order valence-electron chi connectivity index (χ3n) is 4.31.